The summed E-state index contributed by atoms with van der Waals surface area (Å²) in [4.78, 5) is 11.0. The van der Waals surface area contributed by atoms with Crippen LogP contribution in [0.5, 0.6) is 11.5 Å². The van der Waals surface area contributed by atoms with E-state index in [1.54, 1.807) is 12.1 Å². The molecule has 0 saturated carbocycles. The van der Waals surface area contributed by atoms with Crippen LogP contribution in [0.2, 0.25) is 0 Å². The lowest BCUT2D eigenvalue weighted by Crippen LogP contribution is -2.08. The maximum absolute atomic E-state index is 11.0. The van der Waals surface area contributed by atoms with Crippen molar-refractivity contribution in [2.24, 2.45) is 0 Å². The molecule has 0 aliphatic rings. The Bertz CT molecular complexity index is 537. The van der Waals surface area contributed by atoms with Crippen LogP contribution in [0.4, 0.5) is 0 Å². The molecule has 16 heavy (non-hydrogen) atoms. The first-order chi connectivity index (χ1) is 7.70. The van der Waals surface area contributed by atoms with Gasteiger partial charge in [-0.3, -0.25) is 4.79 Å². The van der Waals surface area contributed by atoms with Gasteiger partial charge in [0.05, 0.1) is 0 Å². The Kier molecular flexibility index (Phi) is 2.97. The van der Waals surface area contributed by atoms with E-state index in [1.807, 2.05) is 24.3 Å². The summed E-state index contributed by atoms with van der Waals surface area (Å²) in [6.45, 7) is 0. The molecule has 0 bridgehead atoms. The predicted molar refractivity (Wildman–Crippen MR) is 62.0 cm³/mol. The molecule has 4 heteroatoms. The Morgan fingerprint density at radius 2 is 1.88 bits per heavy atom. The van der Waals surface area contributed by atoms with Gasteiger partial charge in [-0.1, -0.05) is 24.3 Å². The number of aromatic hydroxyl groups is 1. The molecule has 0 fully saturated rings. The van der Waals surface area contributed by atoms with Crippen molar-refractivity contribution in [2.45, 2.75) is 0 Å². The van der Waals surface area contributed by atoms with Crippen LogP contribution in [0.15, 0.2) is 36.4 Å². The second-order valence-electron chi connectivity index (χ2n) is 3.27. The molecule has 0 aromatic heterocycles. The maximum atomic E-state index is 11.0. The first kappa shape index (κ1) is 10.8. The summed E-state index contributed by atoms with van der Waals surface area (Å²) in [5, 5.41) is 11.4. The van der Waals surface area contributed by atoms with Gasteiger partial charge in [-0.2, -0.15) is 0 Å². The molecule has 3 nitrogen and oxygen atoms in total. The van der Waals surface area contributed by atoms with E-state index in [4.69, 9.17) is 16.3 Å². The third kappa shape index (κ3) is 2.09. The second kappa shape index (κ2) is 4.41. The van der Waals surface area contributed by atoms with E-state index in [2.05, 4.69) is 0 Å². The lowest BCUT2D eigenvalue weighted by atomic mass is 10.1. The molecule has 0 heterocycles. The number of alkyl halides is 1. The molecule has 82 valence electrons. The van der Waals surface area contributed by atoms with Crippen molar-refractivity contribution < 1.29 is 14.6 Å². The number of fused-ring (bicyclic) bond motifs is 1. The van der Waals surface area contributed by atoms with Gasteiger partial charge in [0.2, 0.25) is 0 Å². The Hall–Kier alpha value is -1.74. The summed E-state index contributed by atoms with van der Waals surface area (Å²) >= 11 is 5.32. The molecule has 0 unspecified atom stereocenters. The first-order valence-corrected chi connectivity index (χ1v) is 5.22. The summed E-state index contributed by atoms with van der Waals surface area (Å²) in [6.07, 6.45) is 0. The van der Waals surface area contributed by atoms with Gasteiger partial charge in [-0.05, 0) is 22.9 Å². The number of carbonyl (C=O) groups excluding carboxylic acids is 1. The van der Waals surface area contributed by atoms with E-state index >= 15 is 0 Å². The molecule has 1 N–H and O–H groups in total. The second-order valence-corrected chi connectivity index (χ2v) is 3.54. The summed E-state index contributed by atoms with van der Waals surface area (Å²) in [7, 11) is 0. The fourth-order valence-electron chi connectivity index (χ4n) is 1.44. The van der Waals surface area contributed by atoms with E-state index < -0.39 is 5.97 Å². The van der Waals surface area contributed by atoms with Crippen molar-refractivity contribution in [1.29, 1.82) is 0 Å². The quantitative estimate of drug-likeness (QED) is 0.495. The lowest BCUT2D eigenvalue weighted by Gasteiger charge is -2.06. The number of benzene rings is 2. The first-order valence-electron chi connectivity index (χ1n) is 4.69. The molecule has 0 radical (unpaired) electrons. The van der Waals surface area contributed by atoms with Gasteiger partial charge < -0.3 is 9.84 Å². The number of esters is 1. The highest BCUT2D eigenvalue weighted by molar-refractivity contribution is 6.26. The Morgan fingerprint density at radius 3 is 2.50 bits per heavy atom. The van der Waals surface area contributed by atoms with Gasteiger partial charge >= 0.3 is 5.97 Å². The largest absolute Gasteiger partial charge is 0.504 e. The summed E-state index contributed by atoms with van der Waals surface area (Å²) in [5.74, 6) is -0.777. The molecule has 0 atom stereocenters. The van der Waals surface area contributed by atoms with Crippen molar-refractivity contribution in [2.75, 3.05) is 5.88 Å². The average molecular weight is 237 g/mol. The van der Waals surface area contributed by atoms with Gasteiger partial charge in [0.15, 0.2) is 11.5 Å². The van der Waals surface area contributed by atoms with Crippen molar-refractivity contribution >= 4 is 28.3 Å². The fraction of sp³-hybridized carbons (Fsp3) is 0.0833. The minimum absolute atomic E-state index is 0.0721. The molecular weight excluding hydrogens is 228 g/mol. The van der Waals surface area contributed by atoms with Crippen molar-refractivity contribution in [3.63, 3.8) is 0 Å². The van der Waals surface area contributed by atoms with Crippen LogP contribution in [0.25, 0.3) is 10.8 Å². The predicted octanol–water partition coefficient (Wildman–Crippen LogP) is 2.69. The van der Waals surface area contributed by atoms with Gasteiger partial charge in [0, 0.05) is 0 Å². The SMILES string of the molecule is O=C(CCl)Oc1cc2ccccc2cc1O. The molecular formula is C12H9ClO3. The maximum Gasteiger partial charge on any atom is 0.326 e. The average Bonchev–Trinajstić information content (AvgIpc) is 2.30. The van der Waals surface area contributed by atoms with Crippen LogP contribution >= 0.6 is 11.6 Å². The van der Waals surface area contributed by atoms with E-state index in [-0.39, 0.29) is 17.4 Å². The molecule has 2 rings (SSSR count). The van der Waals surface area contributed by atoms with Gasteiger partial charge in [0.25, 0.3) is 0 Å². The third-order valence-corrected chi connectivity index (χ3v) is 2.38. The number of hydrogen-bond acceptors (Lipinski definition) is 3. The van der Waals surface area contributed by atoms with Gasteiger partial charge in [-0.25, -0.2) is 0 Å². The third-order valence-electron chi connectivity index (χ3n) is 2.16. The lowest BCUT2D eigenvalue weighted by molar-refractivity contribution is -0.131. The zero-order valence-corrected chi connectivity index (χ0v) is 9.07. The highest BCUT2D eigenvalue weighted by atomic mass is 35.5. The van der Waals surface area contributed by atoms with Crippen LogP contribution in [0.3, 0.4) is 0 Å². The summed E-state index contributed by atoms with van der Waals surface area (Å²) < 4.78 is 4.88. The van der Waals surface area contributed by atoms with E-state index in [9.17, 15) is 9.90 Å². The van der Waals surface area contributed by atoms with Crippen molar-refractivity contribution in [3.8, 4) is 11.5 Å². The number of carbonyl (C=O) groups is 1. The number of phenols is 1. The zero-order valence-electron chi connectivity index (χ0n) is 8.31. The summed E-state index contributed by atoms with van der Waals surface area (Å²) in [5.41, 5.74) is 0. The number of ether oxygens (including phenoxy) is 1. The topological polar surface area (TPSA) is 46.5 Å². The molecule has 0 aliphatic carbocycles. The zero-order chi connectivity index (χ0) is 11.5. The smallest absolute Gasteiger partial charge is 0.326 e. The minimum atomic E-state index is -0.591. The van der Waals surface area contributed by atoms with Crippen LogP contribution in [0.1, 0.15) is 0 Å². The summed E-state index contributed by atoms with van der Waals surface area (Å²) in [6, 6.07) is 10.6. The monoisotopic (exact) mass is 236 g/mol. The highest BCUT2D eigenvalue weighted by Crippen LogP contribution is 2.31. The Morgan fingerprint density at radius 1 is 1.25 bits per heavy atom. The van der Waals surface area contributed by atoms with Crippen LogP contribution < -0.4 is 4.74 Å². The number of hydrogen-bond donors (Lipinski definition) is 1. The number of halogens is 1. The van der Waals surface area contributed by atoms with Gasteiger partial charge in [0.1, 0.15) is 5.88 Å². The molecule has 2 aromatic rings. The highest BCUT2D eigenvalue weighted by Gasteiger charge is 2.08. The van der Waals surface area contributed by atoms with E-state index in [0.717, 1.165) is 10.8 Å². The minimum Gasteiger partial charge on any atom is -0.504 e. The Labute approximate surface area is 97.2 Å². The molecule has 0 saturated heterocycles. The normalized spacial score (nSPS) is 10.3. The van der Waals surface area contributed by atoms with E-state index in [1.165, 1.54) is 0 Å². The molecule has 0 amide bonds. The molecule has 2 aromatic carbocycles. The Balaban J connectivity index is 2.46. The van der Waals surface area contributed by atoms with Gasteiger partial charge in [-0.15, -0.1) is 11.6 Å². The van der Waals surface area contributed by atoms with Crippen molar-refractivity contribution in [1.82, 2.24) is 0 Å². The number of rotatable bonds is 2. The number of phenolic OH excluding ortho intramolecular Hbond substituents is 1. The fourth-order valence-corrected chi connectivity index (χ4v) is 1.49. The molecule has 0 aliphatic heterocycles. The van der Waals surface area contributed by atoms with Crippen molar-refractivity contribution in [3.05, 3.63) is 36.4 Å². The van der Waals surface area contributed by atoms with E-state index in [0.29, 0.717) is 0 Å². The standard InChI is InChI=1S/C12H9ClO3/c13-7-12(15)16-11-6-9-4-2-1-3-8(9)5-10(11)14/h1-6,14H,7H2. The van der Waals surface area contributed by atoms with Crippen LogP contribution in [-0.4, -0.2) is 17.0 Å². The molecule has 0 spiro atoms. The van der Waals surface area contributed by atoms with Crippen LogP contribution in [-0.2, 0) is 4.79 Å². The van der Waals surface area contributed by atoms with Crippen LogP contribution in [0, 0.1) is 0 Å².